The molecule has 1 amide bonds. The highest BCUT2D eigenvalue weighted by atomic mass is 32.1. The molecule has 136 valence electrons. The van der Waals surface area contributed by atoms with E-state index in [4.69, 9.17) is 10.7 Å². The molecule has 7 nitrogen and oxygen atoms in total. The average Bonchev–Trinajstić information content (AvgIpc) is 3.36. The number of nitrogens with two attached hydrogens (primary N) is 1. The van der Waals surface area contributed by atoms with E-state index in [2.05, 4.69) is 15.4 Å². The van der Waals surface area contributed by atoms with Crippen LogP contribution in [0, 0.1) is 0 Å². The number of fused-ring (bicyclic) bond motifs is 3. The molecule has 1 aliphatic heterocycles. The number of piperidine rings is 1. The Morgan fingerprint density at radius 3 is 2.85 bits per heavy atom. The van der Waals surface area contributed by atoms with Crippen LogP contribution in [0.15, 0.2) is 35.2 Å². The largest absolute Gasteiger partial charge is 0.364 e. The molecule has 1 aromatic carbocycles. The van der Waals surface area contributed by atoms with E-state index in [1.807, 2.05) is 39.8 Å². The highest BCUT2D eigenvalue weighted by Gasteiger charge is 2.24. The number of aromatic nitrogens is 4. The Labute approximate surface area is 159 Å². The molecule has 0 atom stereocenters. The molecule has 0 spiro atoms. The fraction of sp³-hybridized carbons (Fsp3) is 0.263. The summed E-state index contributed by atoms with van der Waals surface area (Å²) in [6.45, 7) is 1.86. The first-order valence-corrected chi connectivity index (χ1v) is 9.88. The predicted octanol–water partition coefficient (Wildman–Crippen LogP) is 2.73. The Morgan fingerprint density at radius 1 is 1.26 bits per heavy atom. The van der Waals surface area contributed by atoms with Crippen molar-refractivity contribution in [3.05, 3.63) is 40.8 Å². The summed E-state index contributed by atoms with van der Waals surface area (Å²) in [7, 11) is 0. The van der Waals surface area contributed by atoms with Crippen molar-refractivity contribution >= 4 is 39.0 Å². The van der Waals surface area contributed by atoms with E-state index in [9.17, 15) is 4.79 Å². The minimum Gasteiger partial charge on any atom is -0.364 e. The lowest BCUT2D eigenvalue weighted by atomic mass is 10.1. The topological polar surface area (TPSA) is 98.7 Å². The number of carbonyl (C=O) groups is 1. The highest BCUT2D eigenvalue weighted by Crippen LogP contribution is 2.32. The van der Waals surface area contributed by atoms with Crippen molar-refractivity contribution in [2.75, 3.05) is 13.1 Å². The molecule has 0 unspecified atom stereocenters. The lowest BCUT2D eigenvalue weighted by Crippen LogP contribution is -2.30. The van der Waals surface area contributed by atoms with Gasteiger partial charge in [0.2, 0.25) is 0 Å². The van der Waals surface area contributed by atoms with Gasteiger partial charge in [0.15, 0.2) is 11.5 Å². The summed E-state index contributed by atoms with van der Waals surface area (Å²) in [5.74, 6) is 0.161. The second-order valence-electron chi connectivity index (χ2n) is 6.74. The molecule has 0 aliphatic carbocycles. The fourth-order valence-electron chi connectivity index (χ4n) is 3.75. The maximum absolute atomic E-state index is 12.0. The summed E-state index contributed by atoms with van der Waals surface area (Å²) < 4.78 is 1.96. The fourth-order valence-corrected chi connectivity index (χ4v) is 4.38. The van der Waals surface area contributed by atoms with Crippen LogP contribution in [-0.4, -0.2) is 38.7 Å². The molecule has 1 saturated heterocycles. The summed E-state index contributed by atoms with van der Waals surface area (Å²) in [4.78, 5) is 21.3. The maximum atomic E-state index is 12.0. The number of amides is 1. The first kappa shape index (κ1) is 16.3. The van der Waals surface area contributed by atoms with Crippen LogP contribution >= 0.6 is 11.3 Å². The van der Waals surface area contributed by atoms with Crippen molar-refractivity contribution in [3.8, 4) is 11.4 Å². The van der Waals surface area contributed by atoms with Gasteiger partial charge in [0, 0.05) is 27.9 Å². The van der Waals surface area contributed by atoms with Crippen LogP contribution in [0.2, 0.25) is 0 Å². The number of nitrogens with one attached hydrogen (secondary N) is 1. The molecule has 0 radical (unpaired) electrons. The number of nitrogens with zero attached hydrogens (tertiary/aromatic N) is 4. The van der Waals surface area contributed by atoms with E-state index in [0.29, 0.717) is 11.5 Å². The van der Waals surface area contributed by atoms with Gasteiger partial charge in [-0.15, -0.1) is 0 Å². The number of benzene rings is 1. The van der Waals surface area contributed by atoms with Gasteiger partial charge >= 0.3 is 0 Å². The van der Waals surface area contributed by atoms with Crippen LogP contribution in [0.1, 0.15) is 29.4 Å². The molecule has 5 rings (SSSR count). The third-order valence-electron chi connectivity index (χ3n) is 5.09. The summed E-state index contributed by atoms with van der Waals surface area (Å²) in [5, 5.41) is 13.7. The number of hydrogen-bond donors (Lipinski definition) is 2. The molecule has 0 bridgehead atoms. The molecule has 1 aliphatic rings. The van der Waals surface area contributed by atoms with Gasteiger partial charge in [0.05, 0.1) is 11.6 Å². The minimum atomic E-state index is -0.515. The molecule has 27 heavy (non-hydrogen) atoms. The van der Waals surface area contributed by atoms with Crippen LogP contribution in [-0.2, 0) is 0 Å². The van der Waals surface area contributed by atoms with Crippen molar-refractivity contribution in [1.29, 1.82) is 0 Å². The Hall–Kier alpha value is -2.84. The number of hydrogen-bond acceptors (Lipinski definition) is 6. The van der Waals surface area contributed by atoms with Crippen molar-refractivity contribution in [2.45, 2.75) is 18.9 Å². The highest BCUT2D eigenvalue weighted by molar-refractivity contribution is 7.08. The van der Waals surface area contributed by atoms with Gasteiger partial charge in [0.1, 0.15) is 5.52 Å². The third kappa shape index (κ3) is 2.68. The predicted molar refractivity (Wildman–Crippen MR) is 106 cm³/mol. The standard InChI is InChI=1S/C19H18N6OS/c20-18(26)16-14-2-1-11-9-22-19(12-5-8-27-10-12)23-15(11)17(14)25(24-16)13-3-6-21-7-4-13/h1-2,5,8-10,13,21H,3-4,6-7H2,(H2,20,26). The van der Waals surface area contributed by atoms with Crippen LogP contribution < -0.4 is 11.1 Å². The lowest BCUT2D eigenvalue weighted by Gasteiger charge is -2.23. The second-order valence-corrected chi connectivity index (χ2v) is 7.52. The average molecular weight is 378 g/mol. The Bertz CT molecular complexity index is 1140. The normalized spacial score (nSPS) is 15.6. The van der Waals surface area contributed by atoms with Gasteiger partial charge in [-0.3, -0.25) is 9.48 Å². The van der Waals surface area contributed by atoms with Crippen molar-refractivity contribution in [2.24, 2.45) is 5.73 Å². The molecular formula is C19H18N6OS. The van der Waals surface area contributed by atoms with Crippen LogP contribution in [0.25, 0.3) is 33.2 Å². The number of rotatable bonds is 3. The summed E-state index contributed by atoms with van der Waals surface area (Å²) in [6.07, 6.45) is 3.74. The van der Waals surface area contributed by atoms with E-state index >= 15 is 0 Å². The Morgan fingerprint density at radius 2 is 2.11 bits per heavy atom. The Kier molecular flexibility index (Phi) is 3.87. The molecule has 3 aromatic heterocycles. The van der Waals surface area contributed by atoms with Crippen LogP contribution in [0.4, 0.5) is 0 Å². The molecule has 4 heterocycles. The zero-order chi connectivity index (χ0) is 18.4. The lowest BCUT2D eigenvalue weighted by molar-refractivity contribution is 0.0995. The second kappa shape index (κ2) is 6.40. The molecule has 3 N–H and O–H groups in total. The van der Waals surface area contributed by atoms with Gasteiger partial charge in [-0.05, 0) is 43.4 Å². The van der Waals surface area contributed by atoms with Crippen LogP contribution in [0.5, 0.6) is 0 Å². The van der Waals surface area contributed by atoms with Gasteiger partial charge in [-0.2, -0.15) is 16.4 Å². The van der Waals surface area contributed by atoms with Gasteiger partial charge in [-0.1, -0.05) is 6.07 Å². The van der Waals surface area contributed by atoms with E-state index < -0.39 is 5.91 Å². The Balaban J connectivity index is 1.81. The van der Waals surface area contributed by atoms with Crippen molar-refractivity contribution in [1.82, 2.24) is 25.1 Å². The SMILES string of the molecule is NC(=O)c1nn(C2CCNCC2)c2c1ccc1cnc(-c3ccsc3)nc12. The monoisotopic (exact) mass is 378 g/mol. The van der Waals surface area contributed by atoms with E-state index in [1.165, 1.54) is 0 Å². The van der Waals surface area contributed by atoms with Gasteiger partial charge < -0.3 is 11.1 Å². The van der Waals surface area contributed by atoms with E-state index in [0.717, 1.165) is 53.3 Å². The minimum absolute atomic E-state index is 0.215. The van der Waals surface area contributed by atoms with E-state index in [-0.39, 0.29) is 6.04 Å². The number of primary amides is 1. The zero-order valence-electron chi connectivity index (χ0n) is 14.6. The van der Waals surface area contributed by atoms with Gasteiger partial charge in [-0.25, -0.2) is 9.97 Å². The summed E-state index contributed by atoms with van der Waals surface area (Å²) >= 11 is 1.61. The molecule has 0 saturated carbocycles. The number of thiophene rings is 1. The molecule has 1 fully saturated rings. The van der Waals surface area contributed by atoms with Gasteiger partial charge in [0.25, 0.3) is 5.91 Å². The molecule has 4 aromatic rings. The zero-order valence-corrected chi connectivity index (χ0v) is 15.4. The summed E-state index contributed by atoms with van der Waals surface area (Å²) in [5.41, 5.74) is 8.59. The quantitative estimate of drug-likeness (QED) is 0.571. The van der Waals surface area contributed by atoms with Crippen molar-refractivity contribution < 1.29 is 4.79 Å². The summed E-state index contributed by atoms with van der Waals surface area (Å²) in [6, 6.07) is 6.05. The van der Waals surface area contributed by atoms with Crippen molar-refractivity contribution in [3.63, 3.8) is 0 Å². The first-order valence-electron chi connectivity index (χ1n) is 8.93. The first-order chi connectivity index (χ1) is 13.2. The van der Waals surface area contributed by atoms with Crippen LogP contribution in [0.3, 0.4) is 0 Å². The van der Waals surface area contributed by atoms with E-state index in [1.54, 1.807) is 11.3 Å². The third-order valence-corrected chi connectivity index (χ3v) is 5.77. The maximum Gasteiger partial charge on any atom is 0.269 e. The smallest absolute Gasteiger partial charge is 0.269 e. The molecular weight excluding hydrogens is 360 g/mol. The number of carbonyl (C=O) groups excluding carboxylic acids is 1. The molecule has 8 heteroatoms.